The average Bonchev–Trinajstić information content (AvgIpc) is 2.59. The van der Waals surface area contributed by atoms with E-state index in [-0.39, 0.29) is 10.8 Å². The Morgan fingerprint density at radius 2 is 1.77 bits per heavy atom. The largest absolute Gasteiger partial charge is 0.496 e. The summed E-state index contributed by atoms with van der Waals surface area (Å²) in [5, 5.41) is 9.21. The Balaban J connectivity index is 2.51. The quantitative estimate of drug-likeness (QED) is 0.799. The number of carboxylic acid groups (broad SMARTS) is 1. The van der Waals surface area contributed by atoms with Crippen molar-refractivity contribution in [3.8, 4) is 5.75 Å². The highest BCUT2D eigenvalue weighted by atomic mass is 32.2. The highest BCUT2D eigenvalue weighted by Gasteiger charge is 2.27. The van der Waals surface area contributed by atoms with Gasteiger partial charge >= 0.3 is 5.97 Å². The second-order valence-electron chi connectivity index (χ2n) is 6.28. The van der Waals surface area contributed by atoms with Crippen molar-refractivity contribution in [3.63, 3.8) is 0 Å². The lowest BCUT2D eigenvalue weighted by Crippen LogP contribution is -2.35. The van der Waals surface area contributed by atoms with E-state index < -0.39 is 22.5 Å². The molecule has 6 nitrogen and oxygen atoms in total. The third-order valence-corrected chi connectivity index (χ3v) is 5.85. The Hall–Kier alpha value is -2.54. The number of rotatable bonds is 7. The molecule has 0 aromatic heterocycles. The summed E-state index contributed by atoms with van der Waals surface area (Å²) in [6.07, 6.45) is 0. The molecule has 0 bridgehead atoms. The van der Waals surface area contributed by atoms with E-state index in [4.69, 9.17) is 4.74 Å². The molecule has 0 fully saturated rings. The maximum atomic E-state index is 13.1. The van der Waals surface area contributed by atoms with E-state index in [0.29, 0.717) is 17.0 Å². The van der Waals surface area contributed by atoms with Gasteiger partial charge in [-0.25, -0.2) is 8.42 Å². The predicted octanol–water partition coefficient (Wildman–Crippen LogP) is 3.41. The van der Waals surface area contributed by atoms with Crippen molar-refractivity contribution in [1.29, 1.82) is 0 Å². The lowest BCUT2D eigenvalue weighted by atomic mass is 10.0. The number of ether oxygens (including phenoxy) is 1. The Morgan fingerprint density at radius 1 is 1.15 bits per heavy atom. The number of nitrogens with zero attached hydrogens (tertiary/aromatic N) is 1. The highest BCUT2D eigenvalue weighted by Crippen LogP contribution is 2.28. The zero-order valence-electron chi connectivity index (χ0n) is 15.3. The van der Waals surface area contributed by atoms with E-state index in [2.05, 4.69) is 0 Å². The fourth-order valence-electron chi connectivity index (χ4n) is 2.60. The summed E-state index contributed by atoms with van der Waals surface area (Å²) in [4.78, 5) is 11.3. The molecule has 1 N–H and O–H groups in total. The van der Waals surface area contributed by atoms with Crippen LogP contribution in [0.15, 0.2) is 47.4 Å². The van der Waals surface area contributed by atoms with Crippen LogP contribution in [0.1, 0.15) is 30.9 Å². The second-order valence-corrected chi connectivity index (χ2v) is 8.15. The van der Waals surface area contributed by atoms with Gasteiger partial charge in [0.1, 0.15) is 12.3 Å². The molecular weight excluding hydrogens is 354 g/mol. The van der Waals surface area contributed by atoms with E-state index in [0.717, 1.165) is 9.87 Å². The minimum atomic E-state index is -4.03. The van der Waals surface area contributed by atoms with Crippen LogP contribution in [0, 0.1) is 6.92 Å². The fraction of sp³-hybridized carbons (Fsp3) is 0.316. The second kappa shape index (κ2) is 7.78. The summed E-state index contributed by atoms with van der Waals surface area (Å²) >= 11 is 0. The molecule has 0 saturated carbocycles. The van der Waals surface area contributed by atoms with Gasteiger partial charge in [-0.15, -0.1) is 0 Å². The number of aliphatic carboxylic acids is 1. The fourth-order valence-corrected chi connectivity index (χ4v) is 4.10. The normalized spacial score (nSPS) is 11.4. The summed E-state index contributed by atoms with van der Waals surface area (Å²) in [7, 11) is -2.53. The van der Waals surface area contributed by atoms with Gasteiger partial charge in [-0.1, -0.05) is 26.0 Å². The highest BCUT2D eigenvalue weighted by molar-refractivity contribution is 7.92. The molecule has 0 amide bonds. The molecule has 0 unspecified atom stereocenters. The van der Waals surface area contributed by atoms with E-state index in [1.54, 1.807) is 25.1 Å². The van der Waals surface area contributed by atoms with Crippen molar-refractivity contribution in [3.05, 3.63) is 53.6 Å². The minimum absolute atomic E-state index is 0.0185. The van der Waals surface area contributed by atoms with Gasteiger partial charge in [-0.2, -0.15) is 0 Å². The molecule has 0 heterocycles. The van der Waals surface area contributed by atoms with E-state index in [9.17, 15) is 18.3 Å². The van der Waals surface area contributed by atoms with Crippen molar-refractivity contribution < 1.29 is 23.1 Å². The van der Waals surface area contributed by atoms with Gasteiger partial charge in [-0.05, 0) is 54.3 Å². The van der Waals surface area contributed by atoms with Crippen LogP contribution in [0.4, 0.5) is 5.69 Å². The summed E-state index contributed by atoms with van der Waals surface area (Å²) in [6.45, 7) is 5.13. The number of carbonyl (C=O) groups is 1. The first-order valence-corrected chi connectivity index (χ1v) is 9.60. The number of anilines is 1. The Labute approximate surface area is 154 Å². The number of benzene rings is 2. The molecule has 2 aromatic carbocycles. The van der Waals surface area contributed by atoms with Crippen molar-refractivity contribution in [1.82, 2.24) is 0 Å². The molecule has 0 aliphatic rings. The third-order valence-electron chi connectivity index (χ3n) is 4.08. The molecule has 2 aromatic rings. The molecule has 7 heteroatoms. The number of hydrogen-bond acceptors (Lipinski definition) is 4. The SMILES string of the molecule is COc1ccc(S(=O)(=O)N(CC(=O)O)c2ccc(C(C)C)cc2)cc1C. The standard InChI is InChI=1S/C19H23NO5S/c1-13(2)15-5-7-16(8-6-15)20(12-19(21)22)26(23,24)17-9-10-18(25-4)14(3)11-17/h5-11,13H,12H2,1-4H3,(H,21,22). The van der Waals surface area contributed by atoms with Crippen LogP contribution < -0.4 is 9.04 Å². The van der Waals surface area contributed by atoms with Crippen LogP contribution in [0.2, 0.25) is 0 Å². The van der Waals surface area contributed by atoms with E-state index in [1.807, 2.05) is 26.0 Å². The Kier molecular flexibility index (Phi) is 5.92. The summed E-state index contributed by atoms with van der Waals surface area (Å²) in [6, 6.07) is 11.3. The zero-order chi connectivity index (χ0) is 19.5. The molecule has 0 atom stereocenters. The molecular formula is C19H23NO5S. The third kappa shape index (κ3) is 4.16. The van der Waals surface area contributed by atoms with Crippen molar-refractivity contribution in [2.45, 2.75) is 31.6 Å². The number of hydrogen-bond donors (Lipinski definition) is 1. The first-order chi connectivity index (χ1) is 12.2. The number of carboxylic acids is 1. The van der Waals surface area contributed by atoms with Crippen molar-refractivity contribution in [2.24, 2.45) is 0 Å². The molecule has 0 aliphatic carbocycles. The van der Waals surface area contributed by atoms with E-state index >= 15 is 0 Å². The maximum Gasteiger partial charge on any atom is 0.324 e. The number of aryl methyl sites for hydroxylation is 1. The Morgan fingerprint density at radius 3 is 2.23 bits per heavy atom. The van der Waals surface area contributed by atoms with Gasteiger partial charge in [0, 0.05) is 0 Å². The van der Waals surface area contributed by atoms with Gasteiger partial charge in [0.05, 0.1) is 17.7 Å². The van der Waals surface area contributed by atoms with Crippen LogP contribution in [0.25, 0.3) is 0 Å². The monoisotopic (exact) mass is 377 g/mol. The van der Waals surface area contributed by atoms with Gasteiger partial charge in [0.25, 0.3) is 10.0 Å². The van der Waals surface area contributed by atoms with Gasteiger partial charge in [-0.3, -0.25) is 9.10 Å². The lowest BCUT2D eigenvalue weighted by Gasteiger charge is -2.23. The molecule has 26 heavy (non-hydrogen) atoms. The predicted molar refractivity (Wildman–Crippen MR) is 100 cm³/mol. The molecule has 0 saturated heterocycles. The van der Waals surface area contributed by atoms with Gasteiger partial charge in [0.15, 0.2) is 0 Å². The maximum absolute atomic E-state index is 13.1. The average molecular weight is 377 g/mol. The molecule has 140 valence electrons. The number of sulfonamides is 1. The lowest BCUT2D eigenvalue weighted by molar-refractivity contribution is -0.135. The topological polar surface area (TPSA) is 83.9 Å². The minimum Gasteiger partial charge on any atom is -0.496 e. The van der Waals surface area contributed by atoms with Gasteiger partial charge < -0.3 is 9.84 Å². The number of methoxy groups -OCH3 is 1. The molecule has 0 aliphatic heterocycles. The molecule has 0 spiro atoms. The van der Waals surface area contributed by atoms with Crippen molar-refractivity contribution >= 4 is 21.7 Å². The smallest absolute Gasteiger partial charge is 0.324 e. The first-order valence-electron chi connectivity index (χ1n) is 8.16. The molecule has 2 rings (SSSR count). The molecule has 0 radical (unpaired) electrons. The van der Waals surface area contributed by atoms with Crippen LogP contribution in [0.5, 0.6) is 5.75 Å². The summed E-state index contributed by atoms with van der Waals surface area (Å²) in [5.41, 5.74) is 2.01. The summed E-state index contributed by atoms with van der Waals surface area (Å²) < 4.78 is 32.2. The van der Waals surface area contributed by atoms with Crippen molar-refractivity contribution in [2.75, 3.05) is 18.0 Å². The Bertz CT molecular complexity index is 889. The van der Waals surface area contributed by atoms with Crippen LogP contribution in [0.3, 0.4) is 0 Å². The zero-order valence-corrected chi connectivity index (χ0v) is 16.1. The van der Waals surface area contributed by atoms with E-state index in [1.165, 1.54) is 19.2 Å². The van der Waals surface area contributed by atoms with Crippen LogP contribution >= 0.6 is 0 Å². The summed E-state index contributed by atoms with van der Waals surface area (Å²) in [5.74, 6) is -0.375. The first kappa shape index (κ1) is 19.8. The van der Waals surface area contributed by atoms with Gasteiger partial charge in [0.2, 0.25) is 0 Å². The van der Waals surface area contributed by atoms with Crippen LogP contribution in [-0.2, 0) is 14.8 Å². The van der Waals surface area contributed by atoms with Crippen LogP contribution in [-0.4, -0.2) is 33.1 Å².